The van der Waals surface area contributed by atoms with Crippen molar-refractivity contribution in [2.24, 2.45) is 5.92 Å². The van der Waals surface area contributed by atoms with Crippen LogP contribution in [0.1, 0.15) is 59.3 Å². The first-order valence-corrected chi connectivity index (χ1v) is 5.53. The zero-order valence-electron chi connectivity index (χ0n) is 9.21. The molecule has 1 atom stereocenters. The van der Waals surface area contributed by atoms with Crippen LogP contribution < -0.4 is 0 Å². The molecule has 0 saturated heterocycles. The molecule has 0 aromatic rings. The van der Waals surface area contributed by atoms with E-state index < -0.39 is 5.79 Å². The van der Waals surface area contributed by atoms with Crippen LogP contribution in [-0.4, -0.2) is 16.0 Å². The fourth-order valence-electron chi connectivity index (χ4n) is 1.69. The lowest BCUT2D eigenvalue weighted by atomic mass is 9.87. The van der Waals surface area contributed by atoms with Gasteiger partial charge in [-0.15, -0.1) is 0 Å². The van der Waals surface area contributed by atoms with Crippen LogP contribution in [0.2, 0.25) is 0 Å². The number of hydrogen-bond acceptors (Lipinski definition) is 2. The first-order chi connectivity index (χ1) is 6.08. The average molecular weight is 188 g/mol. The maximum atomic E-state index is 9.70. The van der Waals surface area contributed by atoms with Crippen LogP contribution >= 0.6 is 0 Å². The summed E-state index contributed by atoms with van der Waals surface area (Å²) in [4.78, 5) is 0. The Hall–Kier alpha value is -0.0800. The van der Waals surface area contributed by atoms with Crippen LogP contribution in [0, 0.1) is 5.92 Å². The van der Waals surface area contributed by atoms with Gasteiger partial charge in [0.05, 0.1) is 0 Å². The van der Waals surface area contributed by atoms with Crippen molar-refractivity contribution in [2.45, 2.75) is 65.1 Å². The third-order valence-electron chi connectivity index (χ3n) is 2.72. The molecule has 0 rings (SSSR count). The van der Waals surface area contributed by atoms with Gasteiger partial charge in [0.15, 0.2) is 5.79 Å². The van der Waals surface area contributed by atoms with Crippen LogP contribution in [0.3, 0.4) is 0 Å². The molecule has 0 aliphatic heterocycles. The van der Waals surface area contributed by atoms with Gasteiger partial charge in [-0.2, -0.15) is 0 Å². The van der Waals surface area contributed by atoms with Gasteiger partial charge in [-0.05, 0) is 19.3 Å². The van der Waals surface area contributed by atoms with Gasteiger partial charge in [-0.25, -0.2) is 0 Å². The van der Waals surface area contributed by atoms with Crippen molar-refractivity contribution >= 4 is 0 Å². The predicted molar refractivity (Wildman–Crippen MR) is 55.4 cm³/mol. The molecule has 0 amide bonds. The molecule has 0 aromatic heterocycles. The Morgan fingerprint density at radius 3 is 2.00 bits per heavy atom. The standard InChI is InChI=1S/C11H24O2/c1-4-7-9-10(8-5-2)11(12,13)6-3/h10,12-13H,4-9H2,1-3H3. The number of unbranched alkanes of at least 4 members (excludes halogenated alkanes) is 1. The van der Waals surface area contributed by atoms with Gasteiger partial charge < -0.3 is 10.2 Å². The Kier molecular flexibility index (Phi) is 6.35. The highest BCUT2D eigenvalue weighted by Gasteiger charge is 2.30. The molecule has 0 bridgehead atoms. The minimum Gasteiger partial charge on any atom is -0.365 e. The summed E-state index contributed by atoms with van der Waals surface area (Å²) >= 11 is 0. The van der Waals surface area contributed by atoms with E-state index in [0.29, 0.717) is 6.42 Å². The lowest BCUT2D eigenvalue weighted by molar-refractivity contribution is -0.205. The molecule has 0 aromatic carbocycles. The second kappa shape index (κ2) is 6.39. The van der Waals surface area contributed by atoms with Gasteiger partial charge in [-0.1, -0.05) is 40.0 Å². The van der Waals surface area contributed by atoms with Crippen molar-refractivity contribution in [2.75, 3.05) is 0 Å². The summed E-state index contributed by atoms with van der Waals surface area (Å²) < 4.78 is 0. The van der Waals surface area contributed by atoms with Crippen molar-refractivity contribution in [3.8, 4) is 0 Å². The van der Waals surface area contributed by atoms with Crippen LogP contribution in [0.5, 0.6) is 0 Å². The second-order valence-electron chi connectivity index (χ2n) is 3.86. The summed E-state index contributed by atoms with van der Waals surface area (Å²) in [5, 5.41) is 19.4. The predicted octanol–water partition coefficient (Wildman–Crippen LogP) is 2.68. The van der Waals surface area contributed by atoms with Crippen molar-refractivity contribution in [3.63, 3.8) is 0 Å². The molecule has 0 spiro atoms. The summed E-state index contributed by atoms with van der Waals surface area (Å²) in [7, 11) is 0. The van der Waals surface area contributed by atoms with Crippen LogP contribution in [0.4, 0.5) is 0 Å². The van der Waals surface area contributed by atoms with Gasteiger partial charge in [0.25, 0.3) is 0 Å². The Bertz CT molecular complexity index is 121. The third kappa shape index (κ3) is 4.63. The monoisotopic (exact) mass is 188 g/mol. The molecule has 1 unspecified atom stereocenters. The van der Waals surface area contributed by atoms with E-state index in [1.54, 1.807) is 0 Å². The smallest absolute Gasteiger partial charge is 0.165 e. The quantitative estimate of drug-likeness (QED) is 0.603. The van der Waals surface area contributed by atoms with E-state index in [9.17, 15) is 10.2 Å². The zero-order valence-corrected chi connectivity index (χ0v) is 9.21. The molecule has 0 heterocycles. The van der Waals surface area contributed by atoms with Crippen molar-refractivity contribution in [1.82, 2.24) is 0 Å². The molecule has 0 saturated carbocycles. The second-order valence-corrected chi connectivity index (χ2v) is 3.86. The maximum Gasteiger partial charge on any atom is 0.165 e. The number of aliphatic hydroxyl groups is 2. The highest BCUT2D eigenvalue weighted by molar-refractivity contribution is 4.74. The molecule has 0 fully saturated rings. The summed E-state index contributed by atoms with van der Waals surface area (Å²) in [6, 6.07) is 0. The summed E-state index contributed by atoms with van der Waals surface area (Å²) in [6.07, 6.45) is 5.53. The lowest BCUT2D eigenvalue weighted by Crippen LogP contribution is -2.36. The Balaban J connectivity index is 4.05. The maximum absolute atomic E-state index is 9.70. The van der Waals surface area contributed by atoms with Crippen LogP contribution in [0.25, 0.3) is 0 Å². The van der Waals surface area contributed by atoms with E-state index in [0.717, 1.165) is 32.1 Å². The van der Waals surface area contributed by atoms with Crippen LogP contribution in [0.15, 0.2) is 0 Å². The Labute approximate surface area is 82.0 Å². The summed E-state index contributed by atoms with van der Waals surface area (Å²) in [6.45, 7) is 6.05. The van der Waals surface area contributed by atoms with E-state index in [1.807, 2.05) is 6.92 Å². The topological polar surface area (TPSA) is 40.5 Å². The van der Waals surface area contributed by atoms with Gasteiger partial charge in [-0.3, -0.25) is 0 Å². The molecule has 0 aliphatic carbocycles. The third-order valence-corrected chi connectivity index (χ3v) is 2.72. The van der Waals surface area contributed by atoms with Gasteiger partial charge in [0, 0.05) is 5.92 Å². The van der Waals surface area contributed by atoms with Crippen LogP contribution in [-0.2, 0) is 0 Å². The Morgan fingerprint density at radius 2 is 1.62 bits per heavy atom. The molecule has 0 radical (unpaired) electrons. The number of rotatable bonds is 7. The van der Waals surface area contributed by atoms with E-state index >= 15 is 0 Å². The van der Waals surface area contributed by atoms with E-state index in [1.165, 1.54) is 0 Å². The van der Waals surface area contributed by atoms with Gasteiger partial charge in [0.2, 0.25) is 0 Å². The summed E-state index contributed by atoms with van der Waals surface area (Å²) in [5.74, 6) is -1.38. The average Bonchev–Trinajstić information content (AvgIpc) is 2.12. The largest absolute Gasteiger partial charge is 0.365 e. The fraction of sp³-hybridized carbons (Fsp3) is 1.00. The zero-order chi connectivity index (χ0) is 10.3. The minimum absolute atomic E-state index is 0.0578. The van der Waals surface area contributed by atoms with Gasteiger partial charge in [0.1, 0.15) is 0 Å². The molecular weight excluding hydrogens is 164 g/mol. The molecule has 80 valence electrons. The van der Waals surface area contributed by atoms with E-state index in [-0.39, 0.29) is 5.92 Å². The normalized spacial score (nSPS) is 14.5. The first kappa shape index (κ1) is 12.9. The SMILES string of the molecule is CCCCC(CCC)C(O)(O)CC. The molecule has 2 heteroatoms. The summed E-state index contributed by atoms with van der Waals surface area (Å²) in [5.41, 5.74) is 0. The first-order valence-electron chi connectivity index (χ1n) is 5.53. The minimum atomic E-state index is -1.44. The highest BCUT2D eigenvalue weighted by atomic mass is 16.5. The number of hydrogen-bond donors (Lipinski definition) is 2. The molecule has 2 N–H and O–H groups in total. The van der Waals surface area contributed by atoms with Crippen molar-refractivity contribution in [3.05, 3.63) is 0 Å². The molecular formula is C11H24O2. The van der Waals surface area contributed by atoms with Gasteiger partial charge >= 0.3 is 0 Å². The molecule has 0 aliphatic rings. The van der Waals surface area contributed by atoms with Crippen molar-refractivity contribution < 1.29 is 10.2 Å². The van der Waals surface area contributed by atoms with E-state index in [2.05, 4.69) is 13.8 Å². The molecule has 2 nitrogen and oxygen atoms in total. The van der Waals surface area contributed by atoms with Crippen molar-refractivity contribution in [1.29, 1.82) is 0 Å². The highest BCUT2D eigenvalue weighted by Crippen LogP contribution is 2.27. The fourth-order valence-corrected chi connectivity index (χ4v) is 1.69. The van der Waals surface area contributed by atoms with E-state index in [4.69, 9.17) is 0 Å². The molecule has 13 heavy (non-hydrogen) atoms. The Morgan fingerprint density at radius 1 is 1.00 bits per heavy atom. The lowest BCUT2D eigenvalue weighted by Gasteiger charge is -2.30.